The van der Waals surface area contributed by atoms with Crippen LogP contribution in [0.15, 0.2) is 12.4 Å². The maximum Gasteiger partial charge on any atom is 0.126 e. The van der Waals surface area contributed by atoms with Crippen molar-refractivity contribution >= 4 is 0 Å². The van der Waals surface area contributed by atoms with Gasteiger partial charge in [0.25, 0.3) is 0 Å². The van der Waals surface area contributed by atoms with Gasteiger partial charge >= 0.3 is 0 Å². The average molecular weight is 176 g/mol. The first kappa shape index (κ1) is 9.62. The minimum atomic E-state index is -0.263. The van der Waals surface area contributed by atoms with Gasteiger partial charge in [-0.15, -0.1) is 0 Å². The molecule has 1 rings (SSSR count). The summed E-state index contributed by atoms with van der Waals surface area (Å²) in [6.45, 7) is 1.82. The Labute approximate surface area is 77.8 Å². The summed E-state index contributed by atoms with van der Waals surface area (Å²) in [6.07, 6.45) is 3.38. The lowest BCUT2D eigenvalue weighted by molar-refractivity contribution is 0.357. The summed E-state index contributed by atoms with van der Waals surface area (Å²) in [5, 5.41) is 8.87. The maximum atomic E-state index is 8.87. The first-order chi connectivity index (χ1) is 6.15. The molecule has 1 aromatic heterocycles. The number of nitrogens with zero attached hydrogens (tertiary/aromatic N) is 4. The minimum Gasteiger partial charge on any atom is -0.290 e. The van der Waals surface area contributed by atoms with E-state index < -0.39 is 0 Å². The Morgan fingerprint density at radius 2 is 1.92 bits per heavy atom. The number of hydrogen-bond donors (Lipinski definition) is 0. The molecule has 0 fully saturated rings. The fraction of sp³-hybridized carbons (Fsp3) is 0.444. The SMILES string of the molecule is Cc1ncc(C(C#N)N(C)C)cn1. The smallest absolute Gasteiger partial charge is 0.126 e. The Morgan fingerprint density at radius 1 is 1.38 bits per heavy atom. The average Bonchev–Trinajstić information content (AvgIpc) is 2.09. The third kappa shape index (κ3) is 2.23. The zero-order valence-electron chi connectivity index (χ0n) is 8.02. The monoisotopic (exact) mass is 176 g/mol. The molecule has 13 heavy (non-hydrogen) atoms. The quantitative estimate of drug-likeness (QED) is 0.672. The van der Waals surface area contributed by atoms with Gasteiger partial charge in [-0.05, 0) is 21.0 Å². The Balaban J connectivity index is 2.94. The van der Waals surface area contributed by atoms with Crippen LogP contribution in [0.4, 0.5) is 0 Å². The van der Waals surface area contributed by atoms with Crippen molar-refractivity contribution in [1.29, 1.82) is 5.26 Å². The molecule has 0 amide bonds. The predicted octanol–water partition coefficient (Wildman–Crippen LogP) is 0.911. The van der Waals surface area contributed by atoms with Gasteiger partial charge in [-0.25, -0.2) is 9.97 Å². The number of nitriles is 1. The van der Waals surface area contributed by atoms with Crippen LogP contribution in [-0.2, 0) is 0 Å². The molecule has 0 saturated heterocycles. The fourth-order valence-electron chi connectivity index (χ4n) is 1.03. The van der Waals surface area contributed by atoms with E-state index >= 15 is 0 Å². The molecule has 0 aliphatic rings. The maximum absolute atomic E-state index is 8.87. The number of hydrogen-bond acceptors (Lipinski definition) is 4. The molecule has 0 radical (unpaired) electrons. The normalized spacial score (nSPS) is 12.5. The highest BCUT2D eigenvalue weighted by molar-refractivity contribution is 5.17. The molecule has 68 valence electrons. The molecule has 4 nitrogen and oxygen atoms in total. The first-order valence-corrected chi connectivity index (χ1v) is 3.99. The van der Waals surface area contributed by atoms with Crippen molar-refractivity contribution in [2.24, 2.45) is 0 Å². The number of rotatable bonds is 2. The molecular weight excluding hydrogens is 164 g/mol. The molecule has 4 heteroatoms. The first-order valence-electron chi connectivity index (χ1n) is 3.99. The largest absolute Gasteiger partial charge is 0.290 e. The molecule has 0 spiro atoms. The second-order valence-corrected chi connectivity index (χ2v) is 3.06. The summed E-state index contributed by atoms with van der Waals surface area (Å²) in [5.74, 6) is 0.721. The lowest BCUT2D eigenvalue weighted by Crippen LogP contribution is -2.18. The topological polar surface area (TPSA) is 52.8 Å². The van der Waals surface area contributed by atoms with E-state index in [4.69, 9.17) is 5.26 Å². The molecule has 0 N–H and O–H groups in total. The van der Waals surface area contributed by atoms with Gasteiger partial charge in [0.2, 0.25) is 0 Å². The summed E-state index contributed by atoms with van der Waals surface area (Å²) in [5.41, 5.74) is 0.832. The number of aryl methyl sites for hydroxylation is 1. The van der Waals surface area contributed by atoms with E-state index in [1.54, 1.807) is 12.4 Å². The summed E-state index contributed by atoms with van der Waals surface area (Å²) >= 11 is 0. The van der Waals surface area contributed by atoms with E-state index in [2.05, 4.69) is 16.0 Å². The lowest BCUT2D eigenvalue weighted by Gasteiger charge is -2.16. The summed E-state index contributed by atoms with van der Waals surface area (Å²) in [6, 6.07) is 1.92. The van der Waals surface area contributed by atoms with E-state index in [0.717, 1.165) is 11.4 Å². The second kappa shape index (κ2) is 3.97. The Hall–Kier alpha value is -1.47. The van der Waals surface area contributed by atoms with Crippen molar-refractivity contribution in [3.8, 4) is 6.07 Å². The molecule has 1 unspecified atom stereocenters. The highest BCUT2D eigenvalue weighted by Crippen LogP contribution is 2.14. The fourth-order valence-corrected chi connectivity index (χ4v) is 1.03. The van der Waals surface area contributed by atoms with Crippen molar-refractivity contribution < 1.29 is 0 Å². The number of aromatic nitrogens is 2. The van der Waals surface area contributed by atoms with Crippen LogP contribution in [0, 0.1) is 18.3 Å². The molecule has 0 aliphatic heterocycles. The van der Waals surface area contributed by atoms with Crippen molar-refractivity contribution in [1.82, 2.24) is 14.9 Å². The second-order valence-electron chi connectivity index (χ2n) is 3.06. The molecule has 1 heterocycles. The Morgan fingerprint density at radius 3 is 2.31 bits per heavy atom. The molecule has 0 aliphatic carbocycles. The van der Waals surface area contributed by atoms with Gasteiger partial charge in [0.05, 0.1) is 6.07 Å². The minimum absolute atomic E-state index is 0.263. The van der Waals surface area contributed by atoms with Crippen LogP contribution >= 0.6 is 0 Å². The molecule has 0 bridgehead atoms. The third-order valence-electron chi connectivity index (χ3n) is 1.76. The predicted molar refractivity (Wildman–Crippen MR) is 48.8 cm³/mol. The summed E-state index contributed by atoms with van der Waals surface area (Å²) in [4.78, 5) is 9.91. The van der Waals surface area contributed by atoms with Gasteiger partial charge in [0, 0.05) is 18.0 Å². The zero-order valence-corrected chi connectivity index (χ0v) is 8.02. The van der Waals surface area contributed by atoms with Crippen LogP contribution in [-0.4, -0.2) is 29.0 Å². The summed E-state index contributed by atoms with van der Waals surface area (Å²) < 4.78 is 0. The van der Waals surface area contributed by atoms with E-state index in [9.17, 15) is 0 Å². The Bertz CT molecular complexity index is 309. The summed E-state index contributed by atoms with van der Waals surface area (Å²) in [7, 11) is 3.71. The third-order valence-corrected chi connectivity index (χ3v) is 1.76. The van der Waals surface area contributed by atoms with E-state index in [1.807, 2.05) is 25.9 Å². The lowest BCUT2D eigenvalue weighted by atomic mass is 10.1. The zero-order chi connectivity index (χ0) is 9.84. The standard InChI is InChI=1S/C9H12N4/c1-7-11-5-8(6-12-7)9(4-10)13(2)3/h5-6,9H,1-3H3. The van der Waals surface area contributed by atoms with Crippen LogP contribution in [0.2, 0.25) is 0 Å². The van der Waals surface area contributed by atoms with Crippen molar-refractivity contribution in [2.45, 2.75) is 13.0 Å². The van der Waals surface area contributed by atoms with Crippen LogP contribution in [0.5, 0.6) is 0 Å². The van der Waals surface area contributed by atoms with E-state index in [0.29, 0.717) is 0 Å². The molecule has 0 aromatic carbocycles. The highest BCUT2D eigenvalue weighted by atomic mass is 15.1. The van der Waals surface area contributed by atoms with Crippen LogP contribution in [0.25, 0.3) is 0 Å². The van der Waals surface area contributed by atoms with E-state index in [-0.39, 0.29) is 6.04 Å². The van der Waals surface area contributed by atoms with E-state index in [1.165, 1.54) is 0 Å². The van der Waals surface area contributed by atoms with Crippen LogP contribution < -0.4 is 0 Å². The van der Waals surface area contributed by atoms with Gasteiger partial charge in [-0.1, -0.05) is 0 Å². The van der Waals surface area contributed by atoms with Crippen molar-refractivity contribution in [3.63, 3.8) is 0 Å². The van der Waals surface area contributed by atoms with Gasteiger partial charge in [0.1, 0.15) is 11.9 Å². The van der Waals surface area contributed by atoms with Gasteiger partial charge < -0.3 is 0 Å². The molecule has 0 saturated carbocycles. The van der Waals surface area contributed by atoms with Crippen LogP contribution in [0.1, 0.15) is 17.4 Å². The van der Waals surface area contributed by atoms with Crippen molar-refractivity contribution in [3.05, 3.63) is 23.8 Å². The van der Waals surface area contributed by atoms with Crippen LogP contribution in [0.3, 0.4) is 0 Å². The van der Waals surface area contributed by atoms with Gasteiger partial charge in [-0.3, -0.25) is 4.90 Å². The molecule has 1 atom stereocenters. The van der Waals surface area contributed by atoms with Gasteiger partial charge in [0.15, 0.2) is 0 Å². The molecule has 1 aromatic rings. The highest BCUT2D eigenvalue weighted by Gasteiger charge is 2.12. The van der Waals surface area contributed by atoms with Gasteiger partial charge in [-0.2, -0.15) is 5.26 Å². The van der Waals surface area contributed by atoms with Crippen molar-refractivity contribution in [2.75, 3.05) is 14.1 Å². The Kier molecular flexibility index (Phi) is 2.93. The molecular formula is C9H12N4.